The quantitative estimate of drug-likeness (QED) is 0.419. The van der Waals surface area contributed by atoms with Crippen LogP contribution in [0.4, 0.5) is 0 Å². The minimum atomic E-state index is -0.212. The van der Waals surface area contributed by atoms with Crippen molar-refractivity contribution in [2.75, 3.05) is 6.61 Å². The monoisotopic (exact) mass is 312 g/mol. The van der Waals surface area contributed by atoms with Gasteiger partial charge in [-0.05, 0) is 35.2 Å². The molecule has 0 aliphatic rings. The molecule has 0 bridgehead atoms. The maximum atomic E-state index is 12.1. The molecule has 0 heterocycles. The van der Waals surface area contributed by atoms with Crippen LogP contribution in [0, 0.1) is 5.92 Å². The van der Waals surface area contributed by atoms with Crippen LogP contribution in [0.5, 0.6) is 0 Å². The zero-order valence-electron chi connectivity index (χ0n) is 14.4. The van der Waals surface area contributed by atoms with Crippen molar-refractivity contribution in [1.82, 2.24) is 0 Å². The van der Waals surface area contributed by atoms with Crippen LogP contribution in [-0.4, -0.2) is 12.6 Å². The average Bonchev–Trinajstić information content (AvgIpc) is 2.56. The molecule has 0 unspecified atom stereocenters. The maximum absolute atomic E-state index is 12.1. The van der Waals surface area contributed by atoms with Crippen LogP contribution in [0.3, 0.4) is 0 Å². The first-order chi connectivity index (χ1) is 11.2. The number of fused-ring (bicyclic) bond motifs is 1. The van der Waals surface area contributed by atoms with Crippen LogP contribution < -0.4 is 0 Å². The molecule has 0 atom stereocenters. The van der Waals surface area contributed by atoms with Gasteiger partial charge in [0, 0.05) is 0 Å². The van der Waals surface area contributed by atoms with Gasteiger partial charge < -0.3 is 4.74 Å². The summed E-state index contributed by atoms with van der Waals surface area (Å²) >= 11 is 0. The van der Waals surface area contributed by atoms with Crippen molar-refractivity contribution in [2.45, 2.75) is 52.4 Å². The molecule has 2 rings (SSSR count). The molecule has 2 aromatic rings. The lowest BCUT2D eigenvalue weighted by Crippen LogP contribution is -2.06. The van der Waals surface area contributed by atoms with Crippen molar-refractivity contribution in [2.24, 2.45) is 5.92 Å². The van der Waals surface area contributed by atoms with Crippen molar-refractivity contribution in [3.05, 3.63) is 48.0 Å². The Hall–Kier alpha value is -1.83. The van der Waals surface area contributed by atoms with Gasteiger partial charge in [-0.2, -0.15) is 0 Å². The summed E-state index contributed by atoms with van der Waals surface area (Å²) in [5, 5.41) is 2.22. The number of hydrogen-bond donors (Lipinski definition) is 0. The molecule has 2 nitrogen and oxygen atoms in total. The van der Waals surface area contributed by atoms with Crippen molar-refractivity contribution in [3.63, 3.8) is 0 Å². The SMILES string of the molecule is CC(C)CCCCCCCOC(=O)c1ccc2ccccc2c1. The lowest BCUT2D eigenvalue weighted by Gasteiger charge is -2.07. The Kier molecular flexibility index (Phi) is 7.12. The summed E-state index contributed by atoms with van der Waals surface area (Å²) in [4.78, 5) is 12.1. The number of unbranched alkanes of at least 4 members (excludes halogenated alkanes) is 4. The highest BCUT2D eigenvalue weighted by Crippen LogP contribution is 2.16. The molecular formula is C21H28O2. The van der Waals surface area contributed by atoms with Gasteiger partial charge in [-0.25, -0.2) is 4.79 Å². The fourth-order valence-electron chi connectivity index (χ4n) is 2.75. The molecule has 0 aliphatic carbocycles. The number of ether oxygens (including phenoxy) is 1. The van der Waals surface area contributed by atoms with Crippen LogP contribution in [-0.2, 0) is 4.74 Å². The summed E-state index contributed by atoms with van der Waals surface area (Å²) in [7, 11) is 0. The first kappa shape index (κ1) is 17.5. The molecule has 0 amide bonds. The van der Waals surface area contributed by atoms with Gasteiger partial charge in [-0.1, -0.05) is 76.3 Å². The van der Waals surface area contributed by atoms with E-state index in [0.29, 0.717) is 12.2 Å². The molecule has 2 heteroatoms. The number of carbonyl (C=O) groups is 1. The number of benzene rings is 2. The second-order valence-corrected chi connectivity index (χ2v) is 6.65. The topological polar surface area (TPSA) is 26.3 Å². The fourth-order valence-corrected chi connectivity index (χ4v) is 2.75. The Morgan fingerprint density at radius 2 is 1.61 bits per heavy atom. The van der Waals surface area contributed by atoms with E-state index in [2.05, 4.69) is 13.8 Å². The Morgan fingerprint density at radius 1 is 0.913 bits per heavy atom. The molecule has 23 heavy (non-hydrogen) atoms. The van der Waals surface area contributed by atoms with Crippen molar-refractivity contribution in [3.8, 4) is 0 Å². The Bertz CT molecular complexity index is 616. The summed E-state index contributed by atoms with van der Waals surface area (Å²) in [6, 6.07) is 13.8. The van der Waals surface area contributed by atoms with Gasteiger partial charge >= 0.3 is 5.97 Å². The molecular weight excluding hydrogens is 284 g/mol. The van der Waals surface area contributed by atoms with Crippen LogP contribution in [0.2, 0.25) is 0 Å². The Labute approximate surface area is 139 Å². The van der Waals surface area contributed by atoms with Gasteiger partial charge in [-0.15, -0.1) is 0 Å². The van der Waals surface area contributed by atoms with E-state index in [9.17, 15) is 4.79 Å². The summed E-state index contributed by atoms with van der Waals surface area (Å²) in [6.07, 6.45) is 7.26. The van der Waals surface area contributed by atoms with E-state index in [0.717, 1.165) is 29.5 Å². The molecule has 2 aromatic carbocycles. The third kappa shape index (κ3) is 6.05. The standard InChI is InChI=1S/C21H28O2/c1-17(2)10-6-4-3-5-9-15-23-21(22)20-14-13-18-11-7-8-12-19(18)16-20/h7-8,11-14,16-17H,3-6,9-10,15H2,1-2H3. The molecule has 0 saturated heterocycles. The van der Waals surface area contributed by atoms with Crippen LogP contribution in [0.25, 0.3) is 10.8 Å². The first-order valence-electron chi connectivity index (χ1n) is 8.83. The molecule has 124 valence electrons. The predicted octanol–water partition coefficient (Wildman–Crippen LogP) is 5.99. The third-order valence-electron chi connectivity index (χ3n) is 4.14. The molecule has 0 aromatic heterocycles. The number of hydrogen-bond acceptors (Lipinski definition) is 2. The van der Waals surface area contributed by atoms with Gasteiger partial charge in [0.05, 0.1) is 12.2 Å². The summed E-state index contributed by atoms with van der Waals surface area (Å²) in [5.41, 5.74) is 0.639. The van der Waals surface area contributed by atoms with E-state index in [-0.39, 0.29) is 5.97 Å². The van der Waals surface area contributed by atoms with E-state index in [4.69, 9.17) is 4.74 Å². The largest absolute Gasteiger partial charge is 0.462 e. The van der Waals surface area contributed by atoms with Gasteiger partial charge in [-0.3, -0.25) is 0 Å². The Morgan fingerprint density at radius 3 is 2.39 bits per heavy atom. The van der Waals surface area contributed by atoms with Gasteiger partial charge in [0.15, 0.2) is 0 Å². The van der Waals surface area contributed by atoms with Crippen molar-refractivity contribution >= 4 is 16.7 Å². The molecule has 0 fully saturated rings. The zero-order valence-corrected chi connectivity index (χ0v) is 14.4. The van der Waals surface area contributed by atoms with Crippen LogP contribution in [0.1, 0.15) is 62.7 Å². The lowest BCUT2D eigenvalue weighted by atomic mass is 10.0. The number of carbonyl (C=O) groups excluding carboxylic acids is 1. The van der Waals surface area contributed by atoms with Crippen LogP contribution in [0.15, 0.2) is 42.5 Å². The normalized spacial score (nSPS) is 11.1. The summed E-state index contributed by atoms with van der Waals surface area (Å²) in [5.74, 6) is 0.591. The highest BCUT2D eigenvalue weighted by atomic mass is 16.5. The fraction of sp³-hybridized carbons (Fsp3) is 0.476. The molecule has 0 aliphatic heterocycles. The second kappa shape index (κ2) is 9.34. The minimum absolute atomic E-state index is 0.212. The highest BCUT2D eigenvalue weighted by Gasteiger charge is 2.07. The average molecular weight is 312 g/mol. The Balaban J connectivity index is 1.66. The van der Waals surface area contributed by atoms with Gasteiger partial charge in [0.2, 0.25) is 0 Å². The number of esters is 1. The molecule has 0 N–H and O–H groups in total. The van der Waals surface area contributed by atoms with Crippen molar-refractivity contribution < 1.29 is 9.53 Å². The van der Waals surface area contributed by atoms with E-state index >= 15 is 0 Å². The smallest absolute Gasteiger partial charge is 0.338 e. The van der Waals surface area contributed by atoms with E-state index in [1.807, 2.05) is 42.5 Å². The number of rotatable bonds is 9. The highest BCUT2D eigenvalue weighted by molar-refractivity contribution is 5.95. The van der Waals surface area contributed by atoms with Crippen molar-refractivity contribution in [1.29, 1.82) is 0 Å². The third-order valence-corrected chi connectivity index (χ3v) is 4.14. The van der Waals surface area contributed by atoms with E-state index < -0.39 is 0 Å². The summed E-state index contributed by atoms with van der Waals surface area (Å²) in [6.45, 7) is 5.06. The molecule has 0 radical (unpaired) electrons. The molecule has 0 saturated carbocycles. The van der Waals surface area contributed by atoms with E-state index in [1.54, 1.807) is 0 Å². The first-order valence-corrected chi connectivity index (χ1v) is 8.83. The van der Waals surface area contributed by atoms with Crippen LogP contribution >= 0.6 is 0 Å². The summed E-state index contributed by atoms with van der Waals surface area (Å²) < 4.78 is 5.38. The van der Waals surface area contributed by atoms with E-state index in [1.165, 1.54) is 25.7 Å². The van der Waals surface area contributed by atoms with Gasteiger partial charge in [0.25, 0.3) is 0 Å². The lowest BCUT2D eigenvalue weighted by molar-refractivity contribution is 0.0498. The minimum Gasteiger partial charge on any atom is -0.462 e. The maximum Gasteiger partial charge on any atom is 0.338 e. The predicted molar refractivity (Wildman–Crippen MR) is 96.8 cm³/mol. The van der Waals surface area contributed by atoms with Gasteiger partial charge in [0.1, 0.15) is 0 Å². The zero-order chi connectivity index (χ0) is 16.5. The molecule has 0 spiro atoms. The second-order valence-electron chi connectivity index (χ2n) is 6.65.